The van der Waals surface area contributed by atoms with Crippen LogP contribution < -0.4 is 5.32 Å². The summed E-state index contributed by atoms with van der Waals surface area (Å²) in [5, 5.41) is 14.2. The minimum Gasteiger partial charge on any atom is -0.454 e. The van der Waals surface area contributed by atoms with Gasteiger partial charge in [-0.25, -0.2) is 4.79 Å². The summed E-state index contributed by atoms with van der Waals surface area (Å²) in [6.07, 6.45) is 6.52. The van der Waals surface area contributed by atoms with Crippen LogP contribution in [0.5, 0.6) is 0 Å². The second-order valence-corrected chi connectivity index (χ2v) is 8.72. The van der Waals surface area contributed by atoms with Gasteiger partial charge in [0.1, 0.15) is 5.69 Å². The number of carbonyl (C=O) groups is 2. The van der Waals surface area contributed by atoms with Gasteiger partial charge in [0, 0.05) is 18.0 Å². The molecular formula is C21H26N2O5. The van der Waals surface area contributed by atoms with E-state index in [-0.39, 0.29) is 29.1 Å². The molecule has 1 aromatic rings. The van der Waals surface area contributed by atoms with E-state index in [2.05, 4.69) is 5.32 Å². The Morgan fingerprint density at radius 3 is 2.32 bits per heavy atom. The zero-order valence-electron chi connectivity index (χ0n) is 16.1. The van der Waals surface area contributed by atoms with Crippen molar-refractivity contribution < 1.29 is 19.2 Å². The van der Waals surface area contributed by atoms with Crippen LogP contribution in [-0.2, 0) is 9.53 Å². The molecule has 0 aliphatic heterocycles. The molecule has 4 aliphatic carbocycles. The number of benzene rings is 1. The number of Topliss-reactive ketones (excluding diaryl/α,β-unsaturated/α-hetero) is 1. The third-order valence-corrected chi connectivity index (χ3v) is 6.76. The minimum atomic E-state index is -0.691. The van der Waals surface area contributed by atoms with Gasteiger partial charge in [0.05, 0.1) is 10.5 Å². The molecule has 150 valence electrons. The molecule has 7 heteroatoms. The molecule has 4 bridgehead atoms. The van der Waals surface area contributed by atoms with Crippen LogP contribution in [0.4, 0.5) is 11.4 Å². The van der Waals surface area contributed by atoms with E-state index < -0.39 is 10.9 Å². The van der Waals surface area contributed by atoms with Gasteiger partial charge in [-0.05, 0) is 75.3 Å². The molecular weight excluding hydrogens is 360 g/mol. The van der Waals surface area contributed by atoms with Gasteiger partial charge in [-0.3, -0.25) is 14.9 Å². The quantitative estimate of drug-likeness (QED) is 0.432. The number of hydrogen-bond donors (Lipinski definition) is 1. The van der Waals surface area contributed by atoms with Crippen LogP contribution in [0.2, 0.25) is 0 Å². The Balaban J connectivity index is 1.42. The average molecular weight is 386 g/mol. The van der Waals surface area contributed by atoms with Crippen molar-refractivity contribution in [2.75, 3.05) is 18.5 Å². The van der Waals surface area contributed by atoms with E-state index >= 15 is 0 Å². The molecule has 1 N–H and O–H groups in total. The summed E-state index contributed by atoms with van der Waals surface area (Å²) in [5.41, 5.74) is -0.0419. The second-order valence-electron chi connectivity index (χ2n) is 8.72. The summed E-state index contributed by atoms with van der Waals surface area (Å²) in [5.74, 6) is 1.27. The number of hydrogen-bond acceptors (Lipinski definition) is 6. The number of nitro groups is 1. The van der Waals surface area contributed by atoms with Crippen molar-refractivity contribution in [3.05, 3.63) is 33.9 Å². The van der Waals surface area contributed by atoms with Crippen molar-refractivity contribution in [1.82, 2.24) is 0 Å². The molecule has 0 atom stereocenters. The van der Waals surface area contributed by atoms with E-state index in [4.69, 9.17) is 4.74 Å². The van der Waals surface area contributed by atoms with Gasteiger partial charge in [0.15, 0.2) is 12.4 Å². The first-order valence-electron chi connectivity index (χ1n) is 10.1. The second kappa shape index (κ2) is 7.18. The van der Waals surface area contributed by atoms with E-state index in [1.165, 1.54) is 37.5 Å². The van der Waals surface area contributed by atoms with Crippen LogP contribution in [0.3, 0.4) is 0 Å². The Morgan fingerprint density at radius 2 is 1.79 bits per heavy atom. The normalized spacial score (nSPS) is 30.1. The highest BCUT2D eigenvalue weighted by Gasteiger charge is 2.54. The van der Waals surface area contributed by atoms with Gasteiger partial charge in [-0.2, -0.15) is 0 Å². The Hall–Kier alpha value is -2.44. The molecule has 0 unspecified atom stereocenters. The van der Waals surface area contributed by atoms with Crippen molar-refractivity contribution in [2.45, 2.75) is 45.4 Å². The van der Waals surface area contributed by atoms with Gasteiger partial charge < -0.3 is 10.1 Å². The number of nitrogens with zero attached hydrogens (tertiary/aromatic N) is 1. The number of anilines is 1. The van der Waals surface area contributed by atoms with Gasteiger partial charge in [-0.1, -0.05) is 0 Å². The standard InChI is InChI=1S/C21H26N2O5/c1-2-22-17-4-3-16(8-18(17)23(26)27)20(25)28-12-19(24)21-9-13-5-14(10-21)7-15(6-13)11-21/h3-4,8,13-15,22H,2,5-7,9-12H2,1H3. The van der Waals surface area contributed by atoms with Crippen LogP contribution in [0.15, 0.2) is 18.2 Å². The van der Waals surface area contributed by atoms with Crippen molar-refractivity contribution in [3.63, 3.8) is 0 Å². The third kappa shape index (κ3) is 3.38. The zero-order chi connectivity index (χ0) is 19.9. The smallest absolute Gasteiger partial charge is 0.338 e. The summed E-state index contributed by atoms with van der Waals surface area (Å²) < 4.78 is 5.28. The highest BCUT2D eigenvalue weighted by molar-refractivity contribution is 5.94. The first-order chi connectivity index (χ1) is 13.4. The SMILES string of the molecule is CCNc1ccc(C(=O)OCC(=O)C23CC4CC(CC(C4)C2)C3)cc1[N+](=O)[O-]. The zero-order valence-corrected chi connectivity index (χ0v) is 16.1. The molecule has 1 aromatic carbocycles. The molecule has 7 nitrogen and oxygen atoms in total. The Morgan fingerprint density at radius 1 is 1.18 bits per heavy atom. The number of nitro benzene ring substituents is 1. The number of carbonyl (C=O) groups excluding carboxylic acids is 2. The van der Waals surface area contributed by atoms with E-state index in [0.717, 1.165) is 19.3 Å². The van der Waals surface area contributed by atoms with Crippen LogP contribution in [0.1, 0.15) is 55.8 Å². The predicted octanol–water partition coefficient (Wildman–Crippen LogP) is 3.97. The maximum Gasteiger partial charge on any atom is 0.338 e. The molecule has 0 spiro atoms. The number of nitrogens with one attached hydrogen (secondary N) is 1. The lowest BCUT2D eigenvalue weighted by Gasteiger charge is -2.55. The topological polar surface area (TPSA) is 98.5 Å². The van der Waals surface area contributed by atoms with Crippen molar-refractivity contribution >= 4 is 23.1 Å². The molecule has 0 heterocycles. The van der Waals surface area contributed by atoms with Gasteiger partial charge >= 0.3 is 5.97 Å². The number of rotatable bonds is 7. The Bertz CT molecular complexity index is 784. The van der Waals surface area contributed by atoms with Gasteiger partial charge in [0.25, 0.3) is 5.69 Å². The Kier molecular flexibility index (Phi) is 4.85. The fraction of sp³-hybridized carbons (Fsp3) is 0.619. The maximum absolute atomic E-state index is 13.0. The highest BCUT2D eigenvalue weighted by atomic mass is 16.6. The van der Waals surface area contributed by atoms with Crippen LogP contribution in [0.25, 0.3) is 0 Å². The lowest BCUT2D eigenvalue weighted by Crippen LogP contribution is -2.51. The monoisotopic (exact) mass is 386 g/mol. The van der Waals surface area contributed by atoms with E-state index in [1.807, 2.05) is 6.92 Å². The summed E-state index contributed by atoms with van der Waals surface area (Å²) >= 11 is 0. The molecule has 0 saturated heterocycles. The molecule has 28 heavy (non-hydrogen) atoms. The fourth-order valence-electron chi connectivity index (χ4n) is 5.97. The maximum atomic E-state index is 13.0. The lowest BCUT2D eigenvalue weighted by atomic mass is 9.48. The molecule has 5 rings (SSSR count). The predicted molar refractivity (Wildman–Crippen MR) is 103 cm³/mol. The third-order valence-electron chi connectivity index (χ3n) is 6.76. The first kappa shape index (κ1) is 18.9. The van der Waals surface area contributed by atoms with E-state index in [1.54, 1.807) is 0 Å². The number of ketones is 1. The minimum absolute atomic E-state index is 0.0266. The Labute approximate surface area is 164 Å². The van der Waals surface area contributed by atoms with E-state index in [9.17, 15) is 19.7 Å². The van der Waals surface area contributed by atoms with Crippen LogP contribution in [-0.4, -0.2) is 29.8 Å². The lowest BCUT2D eigenvalue weighted by molar-refractivity contribution is -0.384. The van der Waals surface area contributed by atoms with Crippen molar-refractivity contribution in [3.8, 4) is 0 Å². The highest BCUT2D eigenvalue weighted by Crippen LogP contribution is 2.60. The summed E-state index contributed by atoms with van der Waals surface area (Å²) in [7, 11) is 0. The average Bonchev–Trinajstić information content (AvgIpc) is 2.65. The van der Waals surface area contributed by atoms with Gasteiger partial charge in [-0.15, -0.1) is 0 Å². The molecule has 4 fully saturated rings. The first-order valence-corrected chi connectivity index (χ1v) is 10.1. The summed E-state index contributed by atoms with van der Waals surface area (Å²) in [4.78, 5) is 36.1. The molecule has 0 aromatic heterocycles. The number of ether oxygens (including phenoxy) is 1. The van der Waals surface area contributed by atoms with Crippen LogP contribution >= 0.6 is 0 Å². The molecule has 0 radical (unpaired) electrons. The molecule has 4 aliphatic rings. The van der Waals surface area contributed by atoms with E-state index in [0.29, 0.717) is 30.0 Å². The summed E-state index contributed by atoms with van der Waals surface area (Å²) in [6, 6.07) is 4.19. The molecule has 0 amide bonds. The largest absolute Gasteiger partial charge is 0.454 e. The van der Waals surface area contributed by atoms with Crippen molar-refractivity contribution in [2.24, 2.45) is 23.2 Å². The van der Waals surface area contributed by atoms with Gasteiger partial charge in [0.2, 0.25) is 0 Å². The number of esters is 1. The molecule has 4 saturated carbocycles. The summed E-state index contributed by atoms with van der Waals surface area (Å²) in [6.45, 7) is 2.12. The van der Waals surface area contributed by atoms with Crippen LogP contribution in [0, 0.1) is 33.3 Å². The van der Waals surface area contributed by atoms with Crippen molar-refractivity contribution in [1.29, 1.82) is 0 Å². The fourth-order valence-corrected chi connectivity index (χ4v) is 5.97.